The maximum absolute atomic E-state index is 12.9. The van der Waals surface area contributed by atoms with Crippen molar-refractivity contribution in [2.75, 3.05) is 40.9 Å². The zero-order chi connectivity index (χ0) is 47.8. The van der Waals surface area contributed by atoms with Crippen LogP contribution in [0.1, 0.15) is 277 Å². The van der Waals surface area contributed by atoms with E-state index < -0.39 is 20.0 Å². The van der Waals surface area contributed by atoms with Crippen molar-refractivity contribution in [2.24, 2.45) is 0 Å². The number of nitrogens with one attached hydrogen (secondary N) is 1. The molecule has 0 aliphatic rings. The standard InChI is InChI=1S/C56H111N2O6P/c1-6-8-10-12-14-16-18-20-21-22-23-24-25-26-27-28-29-30-31-32-33-34-35-36-38-39-41-43-45-47-49-55(59)54(53-64-65(61,62)63-52-51-58(3,4)5)57-56(60)50-48-46-44-42-40-37-19-17-15-13-11-9-7-2/h17,19,47,49,54-55,59H,6-16,18,20-46,48,50-53H2,1-5H3,(H-,57,60,61,62)/b19-17-,49-47+. The third-order valence-electron chi connectivity index (χ3n) is 12.9. The van der Waals surface area contributed by atoms with Crippen molar-refractivity contribution in [2.45, 2.75) is 289 Å². The van der Waals surface area contributed by atoms with E-state index in [1.54, 1.807) is 6.08 Å². The summed E-state index contributed by atoms with van der Waals surface area (Å²) in [6.07, 6.45) is 59.8. The van der Waals surface area contributed by atoms with E-state index in [4.69, 9.17) is 9.05 Å². The van der Waals surface area contributed by atoms with Gasteiger partial charge in [-0.15, -0.1) is 0 Å². The summed E-state index contributed by atoms with van der Waals surface area (Å²) in [6, 6.07) is -0.888. The van der Waals surface area contributed by atoms with Crippen molar-refractivity contribution in [3.05, 3.63) is 24.3 Å². The van der Waals surface area contributed by atoms with Gasteiger partial charge in [-0.2, -0.15) is 0 Å². The molecule has 0 aromatic heterocycles. The molecule has 0 aromatic rings. The van der Waals surface area contributed by atoms with Crippen LogP contribution in [0, 0.1) is 0 Å². The first-order valence-electron chi connectivity index (χ1n) is 28.2. The van der Waals surface area contributed by atoms with Crippen LogP contribution in [0.2, 0.25) is 0 Å². The summed E-state index contributed by atoms with van der Waals surface area (Å²) in [4.78, 5) is 25.4. The number of carbonyl (C=O) groups is 1. The van der Waals surface area contributed by atoms with Crippen LogP contribution in [-0.4, -0.2) is 68.5 Å². The van der Waals surface area contributed by atoms with Crippen molar-refractivity contribution < 1.29 is 32.9 Å². The van der Waals surface area contributed by atoms with Gasteiger partial charge < -0.3 is 28.8 Å². The fourth-order valence-electron chi connectivity index (χ4n) is 8.44. The number of rotatable bonds is 52. The molecular weight excluding hydrogens is 828 g/mol. The second kappa shape index (κ2) is 48.0. The highest BCUT2D eigenvalue weighted by Crippen LogP contribution is 2.38. The summed E-state index contributed by atoms with van der Waals surface area (Å²) in [6.45, 7) is 4.65. The molecule has 65 heavy (non-hydrogen) atoms. The first kappa shape index (κ1) is 64.0. The van der Waals surface area contributed by atoms with E-state index in [0.717, 1.165) is 51.4 Å². The average molecular weight is 939 g/mol. The molecule has 0 heterocycles. The largest absolute Gasteiger partial charge is 0.756 e. The molecule has 0 saturated heterocycles. The van der Waals surface area contributed by atoms with Crippen molar-refractivity contribution in [1.82, 2.24) is 5.32 Å². The Kier molecular flexibility index (Phi) is 47.3. The van der Waals surface area contributed by atoms with Gasteiger partial charge in [0, 0.05) is 6.42 Å². The first-order valence-corrected chi connectivity index (χ1v) is 29.7. The van der Waals surface area contributed by atoms with Gasteiger partial charge in [0.25, 0.3) is 7.82 Å². The number of unbranched alkanes of at least 4 members (excludes halogenated alkanes) is 37. The number of hydrogen-bond acceptors (Lipinski definition) is 6. The SMILES string of the molecule is CCCCCC/C=C\CCCCCCCC(=O)NC(COP(=O)([O-])OCC[N+](C)(C)C)C(O)/C=C/CCCCCCCCCCCCCCCCCCCCCCCCCCCCCC. The highest BCUT2D eigenvalue weighted by molar-refractivity contribution is 7.45. The molecule has 0 aliphatic carbocycles. The fourth-order valence-corrected chi connectivity index (χ4v) is 9.17. The fraction of sp³-hybridized carbons (Fsp3) is 0.911. The molecule has 0 saturated carbocycles. The average Bonchev–Trinajstić information content (AvgIpc) is 3.26. The maximum atomic E-state index is 12.9. The molecule has 9 heteroatoms. The summed E-state index contributed by atoms with van der Waals surface area (Å²) in [5.41, 5.74) is 0. The van der Waals surface area contributed by atoms with E-state index in [-0.39, 0.29) is 19.1 Å². The molecule has 8 nitrogen and oxygen atoms in total. The quantitative estimate of drug-likeness (QED) is 0.0272. The van der Waals surface area contributed by atoms with Crippen molar-refractivity contribution in [3.8, 4) is 0 Å². The Morgan fingerprint density at radius 3 is 1.22 bits per heavy atom. The Balaban J connectivity index is 4.08. The lowest BCUT2D eigenvalue weighted by Gasteiger charge is -2.29. The van der Waals surface area contributed by atoms with E-state index in [0.29, 0.717) is 17.4 Å². The van der Waals surface area contributed by atoms with Crippen molar-refractivity contribution in [3.63, 3.8) is 0 Å². The number of likely N-dealkylation sites (N-methyl/N-ethyl adjacent to an activating group) is 1. The van der Waals surface area contributed by atoms with Gasteiger partial charge in [-0.25, -0.2) is 0 Å². The molecule has 2 N–H and O–H groups in total. The predicted molar refractivity (Wildman–Crippen MR) is 279 cm³/mol. The summed E-state index contributed by atoms with van der Waals surface area (Å²) in [7, 11) is 1.26. The van der Waals surface area contributed by atoms with Crippen LogP contribution in [0.4, 0.5) is 0 Å². The lowest BCUT2D eigenvalue weighted by atomic mass is 10.0. The highest BCUT2D eigenvalue weighted by atomic mass is 31.2. The Morgan fingerprint density at radius 2 is 0.846 bits per heavy atom. The molecule has 0 radical (unpaired) electrons. The van der Waals surface area contributed by atoms with Crippen LogP contribution in [0.25, 0.3) is 0 Å². The van der Waals surface area contributed by atoms with E-state index in [1.165, 1.54) is 205 Å². The summed E-state index contributed by atoms with van der Waals surface area (Å²) >= 11 is 0. The Morgan fingerprint density at radius 1 is 0.523 bits per heavy atom. The molecule has 1 amide bonds. The van der Waals surface area contributed by atoms with Gasteiger partial charge in [0.05, 0.1) is 39.9 Å². The first-order chi connectivity index (χ1) is 31.5. The molecule has 0 bridgehead atoms. The Hall–Kier alpha value is -1.02. The number of amides is 1. The molecule has 0 fully saturated rings. The number of hydrogen-bond donors (Lipinski definition) is 2. The van der Waals surface area contributed by atoms with E-state index in [1.807, 2.05) is 27.2 Å². The molecule has 0 rings (SSSR count). The molecule has 0 aromatic carbocycles. The molecule has 0 spiro atoms. The number of aliphatic hydroxyl groups is 1. The lowest BCUT2D eigenvalue weighted by molar-refractivity contribution is -0.870. The molecule has 3 unspecified atom stereocenters. The summed E-state index contributed by atoms with van der Waals surface area (Å²) < 4.78 is 23.3. The minimum atomic E-state index is -4.59. The van der Waals surface area contributed by atoms with Gasteiger partial charge in [0.2, 0.25) is 5.91 Å². The summed E-state index contributed by atoms with van der Waals surface area (Å²) in [5, 5.41) is 13.8. The van der Waals surface area contributed by atoms with Gasteiger partial charge >= 0.3 is 0 Å². The lowest BCUT2D eigenvalue weighted by Crippen LogP contribution is -2.45. The van der Waals surface area contributed by atoms with Crippen LogP contribution >= 0.6 is 7.82 Å². The molecule has 0 aliphatic heterocycles. The Bertz CT molecular complexity index is 1110. The smallest absolute Gasteiger partial charge is 0.268 e. The zero-order valence-electron chi connectivity index (χ0n) is 44.0. The number of phosphoric acid groups is 1. The van der Waals surface area contributed by atoms with Gasteiger partial charge in [0.15, 0.2) is 0 Å². The van der Waals surface area contributed by atoms with E-state index >= 15 is 0 Å². The van der Waals surface area contributed by atoms with Gasteiger partial charge in [0.1, 0.15) is 13.2 Å². The molecule has 3 atom stereocenters. The topological polar surface area (TPSA) is 108 Å². The van der Waals surface area contributed by atoms with Crippen LogP contribution in [-0.2, 0) is 18.4 Å². The van der Waals surface area contributed by atoms with Crippen LogP contribution in [0.5, 0.6) is 0 Å². The molecule has 386 valence electrons. The van der Waals surface area contributed by atoms with E-state index in [2.05, 4.69) is 31.3 Å². The van der Waals surface area contributed by atoms with Gasteiger partial charge in [-0.3, -0.25) is 9.36 Å². The number of aliphatic hydroxyl groups excluding tert-OH is 1. The monoisotopic (exact) mass is 939 g/mol. The second-order valence-corrected chi connectivity index (χ2v) is 22.1. The summed E-state index contributed by atoms with van der Waals surface area (Å²) in [5.74, 6) is -0.204. The van der Waals surface area contributed by atoms with Gasteiger partial charge in [-0.05, 0) is 44.9 Å². The number of nitrogens with zero attached hydrogens (tertiary/aromatic N) is 1. The maximum Gasteiger partial charge on any atom is 0.268 e. The minimum Gasteiger partial charge on any atom is -0.756 e. The van der Waals surface area contributed by atoms with Crippen LogP contribution < -0.4 is 10.2 Å². The van der Waals surface area contributed by atoms with Crippen molar-refractivity contribution in [1.29, 1.82) is 0 Å². The Labute approximate surface area is 404 Å². The second-order valence-electron chi connectivity index (χ2n) is 20.6. The number of quaternary nitrogens is 1. The third kappa shape index (κ3) is 50.7. The van der Waals surface area contributed by atoms with Crippen LogP contribution in [0.15, 0.2) is 24.3 Å². The van der Waals surface area contributed by atoms with Gasteiger partial charge in [-0.1, -0.05) is 250 Å². The number of carbonyl (C=O) groups excluding carboxylic acids is 1. The molecular formula is C56H111N2O6P. The highest BCUT2D eigenvalue weighted by Gasteiger charge is 2.23. The number of allylic oxidation sites excluding steroid dienone is 3. The van der Waals surface area contributed by atoms with Crippen molar-refractivity contribution >= 4 is 13.7 Å². The van der Waals surface area contributed by atoms with Crippen LogP contribution in [0.3, 0.4) is 0 Å². The number of phosphoric ester groups is 1. The third-order valence-corrected chi connectivity index (χ3v) is 13.9. The minimum absolute atomic E-state index is 0.00123. The van der Waals surface area contributed by atoms with E-state index in [9.17, 15) is 19.4 Å². The zero-order valence-corrected chi connectivity index (χ0v) is 44.9. The normalized spacial score (nSPS) is 14.1. The predicted octanol–water partition coefficient (Wildman–Crippen LogP) is 16.2.